The molecule has 24 heavy (non-hydrogen) atoms. The molecule has 0 spiro atoms. The Morgan fingerprint density at radius 2 is 1.46 bits per heavy atom. The molecule has 5 atom stereocenters. The van der Waals surface area contributed by atoms with Crippen LogP contribution in [-0.2, 0) is 42.4 Å². The van der Waals surface area contributed by atoms with E-state index < -0.39 is 52.7 Å². The van der Waals surface area contributed by atoms with Crippen molar-refractivity contribution in [2.75, 3.05) is 13.2 Å². The Balaban J connectivity index is 1.75. The zero-order chi connectivity index (χ0) is 17.8. The molecular formula is C14H24O9S. The van der Waals surface area contributed by atoms with Gasteiger partial charge in [-0.25, -0.2) is 8.37 Å². The normalized spacial score (nSPS) is 40.3. The zero-order valence-electron chi connectivity index (χ0n) is 14.4. The van der Waals surface area contributed by atoms with E-state index in [0.717, 1.165) is 0 Å². The Bertz CT molecular complexity index is 573. The predicted octanol–water partition coefficient (Wildman–Crippen LogP) is 0.681. The lowest BCUT2D eigenvalue weighted by atomic mass is 9.99. The van der Waals surface area contributed by atoms with Gasteiger partial charge in [0.1, 0.15) is 24.4 Å². The Hall–Kier alpha value is -0.330. The van der Waals surface area contributed by atoms with Gasteiger partial charge in [-0.3, -0.25) is 0 Å². The molecule has 0 radical (unpaired) electrons. The first-order valence-electron chi connectivity index (χ1n) is 7.92. The lowest BCUT2D eigenvalue weighted by Gasteiger charge is -2.36. The molecule has 3 aliphatic rings. The first kappa shape index (κ1) is 18.5. The molecule has 0 amide bonds. The Labute approximate surface area is 141 Å². The second kappa shape index (κ2) is 6.13. The van der Waals surface area contributed by atoms with E-state index in [9.17, 15) is 8.42 Å². The summed E-state index contributed by atoms with van der Waals surface area (Å²) in [6, 6.07) is 0. The third kappa shape index (κ3) is 3.75. The van der Waals surface area contributed by atoms with Crippen LogP contribution in [0.3, 0.4) is 0 Å². The second-order valence-electron chi connectivity index (χ2n) is 6.81. The van der Waals surface area contributed by atoms with Crippen LogP contribution in [0.15, 0.2) is 0 Å². The molecule has 0 N–H and O–H groups in total. The number of hydrogen-bond donors (Lipinski definition) is 0. The topological polar surface area (TPSA) is 98.8 Å². The van der Waals surface area contributed by atoms with Crippen LogP contribution in [0.5, 0.6) is 0 Å². The number of fused-ring (bicyclic) bond motifs is 3. The molecule has 0 unspecified atom stereocenters. The van der Waals surface area contributed by atoms with Gasteiger partial charge in [-0.2, -0.15) is 8.42 Å². The SMILES string of the molecule is CCOS(=O)(=O)OC[C@H]1O[C@@H]2OC(C)(C)O[C@@H]2[C@H]2OC(C)(C)O[C@H]21. The number of hydrogen-bond acceptors (Lipinski definition) is 9. The molecule has 0 bridgehead atoms. The molecule has 0 aliphatic carbocycles. The maximum atomic E-state index is 11.6. The number of rotatable bonds is 5. The summed E-state index contributed by atoms with van der Waals surface area (Å²) in [5, 5.41) is 0. The summed E-state index contributed by atoms with van der Waals surface area (Å²) in [5.74, 6) is -1.68. The van der Waals surface area contributed by atoms with E-state index >= 15 is 0 Å². The summed E-state index contributed by atoms with van der Waals surface area (Å²) in [4.78, 5) is 0. The quantitative estimate of drug-likeness (QED) is 0.693. The van der Waals surface area contributed by atoms with Gasteiger partial charge in [0.2, 0.25) is 0 Å². The second-order valence-corrected chi connectivity index (χ2v) is 8.10. The molecular weight excluding hydrogens is 344 g/mol. The number of ether oxygens (including phenoxy) is 5. The van der Waals surface area contributed by atoms with Crippen molar-refractivity contribution in [1.29, 1.82) is 0 Å². The molecule has 0 aromatic rings. The summed E-state index contributed by atoms with van der Waals surface area (Å²) >= 11 is 0. The fourth-order valence-electron chi connectivity index (χ4n) is 3.16. The lowest BCUT2D eigenvalue weighted by Crippen LogP contribution is -2.56. The molecule has 0 saturated carbocycles. The van der Waals surface area contributed by atoms with Gasteiger partial charge in [0.05, 0.1) is 13.2 Å². The van der Waals surface area contributed by atoms with Gasteiger partial charge in [0, 0.05) is 0 Å². The van der Waals surface area contributed by atoms with Crippen molar-refractivity contribution in [3.05, 3.63) is 0 Å². The standard InChI is InChI=1S/C14H24O9S/c1-6-17-24(15,16)18-7-8-9-10(21-13(2,3)20-9)11-12(19-8)23-14(4,5)22-11/h8-12H,6-7H2,1-5H3/t8-,9+,10+,11-,12-/m1/s1. The van der Waals surface area contributed by atoms with E-state index in [4.69, 9.17) is 27.9 Å². The van der Waals surface area contributed by atoms with Crippen LogP contribution in [-0.4, -0.2) is 63.9 Å². The van der Waals surface area contributed by atoms with Crippen molar-refractivity contribution in [3.63, 3.8) is 0 Å². The van der Waals surface area contributed by atoms with E-state index in [2.05, 4.69) is 4.18 Å². The van der Waals surface area contributed by atoms with Crippen LogP contribution in [0.2, 0.25) is 0 Å². The molecule has 3 saturated heterocycles. The van der Waals surface area contributed by atoms with Gasteiger partial charge >= 0.3 is 10.4 Å². The van der Waals surface area contributed by atoms with E-state index in [1.807, 2.05) is 0 Å². The third-order valence-electron chi connectivity index (χ3n) is 3.89. The monoisotopic (exact) mass is 368 g/mol. The average Bonchev–Trinajstić information content (AvgIpc) is 2.90. The highest BCUT2D eigenvalue weighted by Crippen LogP contribution is 2.44. The van der Waals surface area contributed by atoms with Gasteiger partial charge in [-0.15, -0.1) is 0 Å². The maximum absolute atomic E-state index is 11.6. The van der Waals surface area contributed by atoms with Crippen LogP contribution in [0, 0.1) is 0 Å². The highest BCUT2D eigenvalue weighted by Gasteiger charge is 2.60. The fraction of sp³-hybridized carbons (Fsp3) is 1.00. The van der Waals surface area contributed by atoms with Crippen molar-refractivity contribution >= 4 is 10.4 Å². The fourth-order valence-corrected chi connectivity index (χ4v) is 3.81. The molecule has 0 aromatic carbocycles. The van der Waals surface area contributed by atoms with Crippen molar-refractivity contribution in [3.8, 4) is 0 Å². The molecule has 0 aromatic heterocycles. The van der Waals surface area contributed by atoms with E-state index in [1.54, 1.807) is 34.6 Å². The van der Waals surface area contributed by atoms with Gasteiger partial charge in [-0.05, 0) is 34.6 Å². The van der Waals surface area contributed by atoms with E-state index in [-0.39, 0.29) is 13.2 Å². The van der Waals surface area contributed by atoms with E-state index in [0.29, 0.717) is 0 Å². The largest absolute Gasteiger partial charge is 0.399 e. The summed E-state index contributed by atoms with van der Waals surface area (Å²) in [7, 11) is -4.08. The van der Waals surface area contributed by atoms with Crippen LogP contribution in [0.4, 0.5) is 0 Å². The van der Waals surface area contributed by atoms with Crippen molar-refractivity contribution in [1.82, 2.24) is 0 Å². The highest BCUT2D eigenvalue weighted by atomic mass is 32.3. The molecule has 3 aliphatic heterocycles. The van der Waals surface area contributed by atoms with Crippen LogP contribution in [0.1, 0.15) is 34.6 Å². The first-order valence-corrected chi connectivity index (χ1v) is 9.26. The van der Waals surface area contributed by atoms with Gasteiger partial charge in [0.15, 0.2) is 17.9 Å². The third-order valence-corrected chi connectivity index (χ3v) is 4.84. The van der Waals surface area contributed by atoms with Crippen molar-refractivity contribution in [2.24, 2.45) is 0 Å². The molecule has 10 heteroatoms. The van der Waals surface area contributed by atoms with Crippen LogP contribution < -0.4 is 0 Å². The zero-order valence-corrected chi connectivity index (χ0v) is 15.2. The molecule has 3 rings (SSSR count). The molecule has 3 heterocycles. The van der Waals surface area contributed by atoms with Crippen LogP contribution in [0.25, 0.3) is 0 Å². The maximum Gasteiger partial charge on any atom is 0.399 e. The van der Waals surface area contributed by atoms with Crippen molar-refractivity contribution < 1.29 is 40.5 Å². The highest BCUT2D eigenvalue weighted by molar-refractivity contribution is 7.81. The lowest BCUT2D eigenvalue weighted by molar-refractivity contribution is -0.238. The first-order chi connectivity index (χ1) is 11.0. The van der Waals surface area contributed by atoms with Crippen LogP contribution >= 0.6 is 0 Å². The predicted molar refractivity (Wildman–Crippen MR) is 79.0 cm³/mol. The Morgan fingerprint density at radius 1 is 0.875 bits per heavy atom. The van der Waals surface area contributed by atoms with Gasteiger partial charge in [-0.1, -0.05) is 0 Å². The minimum Gasteiger partial charge on any atom is -0.342 e. The Kier molecular flexibility index (Phi) is 4.72. The minimum atomic E-state index is -4.08. The summed E-state index contributed by atoms with van der Waals surface area (Å²) in [6.45, 7) is 8.37. The molecule has 3 fully saturated rings. The Morgan fingerprint density at radius 3 is 2.12 bits per heavy atom. The summed E-state index contributed by atoms with van der Waals surface area (Å²) in [6.07, 6.45) is -2.86. The minimum absolute atomic E-state index is 0.0115. The van der Waals surface area contributed by atoms with Gasteiger partial charge in [0.25, 0.3) is 0 Å². The van der Waals surface area contributed by atoms with E-state index in [1.165, 1.54) is 0 Å². The smallest absolute Gasteiger partial charge is 0.342 e. The molecule has 140 valence electrons. The average molecular weight is 368 g/mol. The summed E-state index contributed by atoms with van der Waals surface area (Å²) in [5.41, 5.74) is 0. The van der Waals surface area contributed by atoms with Crippen molar-refractivity contribution in [2.45, 2.75) is 76.9 Å². The molecule has 9 nitrogen and oxygen atoms in total. The van der Waals surface area contributed by atoms with Gasteiger partial charge < -0.3 is 23.7 Å². The summed E-state index contributed by atoms with van der Waals surface area (Å²) < 4.78 is 61.8.